The summed E-state index contributed by atoms with van der Waals surface area (Å²) in [6.07, 6.45) is 0. The minimum atomic E-state index is -0.479. The average Bonchev–Trinajstić information content (AvgIpc) is 2.42. The van der Waals surface area contributed by atoms with Crippen LogP contribution in [-0.4, -0.2) is 17.9 Å². The van der Waals surface area contributed by atoms with Gasteiger partial charge in [0.15, 0.2) is 0 Å². The number of hydrogen-bond acceptors (Lipinski definition) is 3. The predicted octanol–water partition coefficient (Wildman–Crippen LogP) is 3.48. The van der Waals surface area contributed by atoms with Crippen LogP contribution in [0.1, 0.15) is 15.9 Å². The Morgan fingerprint density at radius 1 is 1.35 bits per heavy atom. The molecule has 0 unspecified atom stereocenters. The molecule has 1 amide bonds. The molecule has 0 aliphatic heterocycles. The molecule has 1 heterocycles. The number of pyridine rings is 1. The normalized spacial score (nSPS) is 10.2. The van der Waals surface area contributed by atoms with Gasteiger partial charge in [0.2, 0.25) is 0 Å². The van der Waals surface area contributed by atoms with Crippen LogP contribution in [0, 0.1) is 12.7 Å². The summed E-state index contributed by atoms with van der Waals surface area (Å²) in [5, 5.41) is 5.53. The first kappa shape index (κ1) is 14.3. The molecule has 0 spiro atoms. The van der Waals surface area contributed by atoms with Gasteiger partial charge in [-0.25, -0.2) is 9.37 Å². The lowest BCUT2D eigenvalue weighted by atomic mass is 10.1. The van der Waals surface area contributed by atoms with Gasteiger partial charge in [-0.2, -0.15) is 0 Å². The number of rotatable bonds is 3. The molecule has 0 atom stereocenters. The Hall–Kier alpha value is -2.14. The van der Waals surface area contributed by atoms with Crippen LogP contribution in [-0.2, 0) is 0 Å². The lowest BCUT2D eigenvalue weighted by Crippen LogP contribution is -2.14. The monoisotopic (exact) mass is 293 g/mol. The van der Waals surface area contributed by atoms with Gasteiger partial charge in [0, 0.05) is 12.6 Å². The molecule has 0 aliphatic carbocycles. The summed E-state index contributed by atoms with van der Waals surface area (Å²) < 4.78 is 13.7. The van der Waals surface area contributed by atoms with E-state index in [1.165, 1.54) is 18.2 Å². The zero-order valence-electron chi connectivity index (χ0n) is 11.0. The van der Waals surface area contributed by atoms with Crippen LogP contribution in [0.4, 0.5) is 15.9 Å². The maximum absolute atomic E-state index is 13.7. The van der Waals surface area contributed by atoms with E-state index in [4.69, 9.17) is 11.6 Å². The van der Waals surface area contributed by atoms with Crippen molar-refractivity contribution in [2.24, 2.45) is 0 Å². The topological polar surface area (TPSA) is 54.0 Å². The van der Waals surface area contributed by atoms with Crippen LogP contribution in [0.5, 0.6) is 0 Å². The molecule has 2 N–H and O–H groups in total. The number of aromatic nitrogens is 1. The van der Waals surface area contributed by atoms with Gasteiger partial charge in [-0.1, -0.05) is 23.7 Å². The van der Waals surface area contributed by atoms with E-state index in [0.717, 1.165) is 0 Å². The lowest BCUT2D eigenvalue weighted by molar-refractivity contribution is 0.102. The van der Waals surface area contributed by atoms with E-state index in [0.29, 0.717) is 16.9 Å². The van der Waals surface area contributed by atoms with Crippen LogP contribution >= 0.6 is 11.6 Å². The van der Waals surface area contributed by atoms with Crippen LogP contribution < -0.4 is 10.6 Å². The van der Waals surface area contributed by atoms with E-state index in [9.17, 15) is 9.18 Å². The Kier molecular flexibility index (Phi) is 4.20. The number of amides is 1. The Morgan fingerprint density at radius 3 is 2.75 bits per heavy atom. The summed E-state index contributed by atoms with van der Waals surface area (Å²) in [5.41, 5.74) is 1.11. The summed E-state index contributed by atoms with van der Waals surface area (Å²) in [6.45, 7) is 1.72. The van der Waals surface area contributed by atoms with Gasteiger partial charge < -0.3 is 10.6 Å². The third-order valence-corrected chi connectivity index (χ3v) is 2.97. The van der Waals surface area contributed by atoms with Crippen molar-refractivity contribution in [3.05, 3.63) is 52.4 Å². The van der Waals surface area contributed by atoms with E-state index >= 15 is 0 Å². The highest BCUT2D eigenvalue weighted by Crippen LogP contribution is 2.21. The molecule has 0 radical (unpaired) electrons. The number of nitrogens with one attached hydrogen (secondary N) is 2. The van der Waals surface area contributed by atoms with Crippen molar-refractivity contribution in [1.82, 2.24) is 4.98 Å². The third-order valence-electron chi connectivity index (χ3n) is 2.77. The highest BCUT2D eigenvalue weighted by atomic mass is 35.5. The Labute approximate surface area is 121 Å². The van der Waals surface area contributed by atoms with Gasteiger partial charge >= 0.3 is 0 Å². The highest BCUT2D eigenvalue weighted by molar-refractivity contribution is 6.30. The maximum atomic E-state index is 13.7. The summed E-state index contributed by atoms with van der Waals surface area (Å²) in [5.74, 6) is -0.459. The Balaban J connectivity index is 2.31. The molecular formula is C14H13ClFN3O. The second-order valence-corrected chi connectivity index (χ2v) is 4.59. The van der Waals surface area contributed by atoms with Crippen molar-refractivity contribution in [3.63, 3.8) is 0 Å². The predicted molar refractivity (Wildman–Crippen MR) is 77.9 cm³/mol. The second-order valence-electron chi connectivity index (χ2n) is 4.20. The van der Waals surface area contributed by atoms with Gasteiger partial charge in [-0.3, -0.25) is 4.79 Å². The van der Waals surface area contributed by atoms with E-state index in [-0.39, 0.29) is 10.8 Å². The van der Waals surface area contributed by atoms with Gasteiger partial charge in [0.25, 0.3) is 5.91 Å². The first-order valence-corrected chi connectivity index (χ1v) is 6.31. The fraction of sp³-hybridized carbons (Fsp3) is 0.143. The number of hydrogen-bond donors (Lipinski definition) is 2. The molecule has 20 heavy (non-hydrogen) atoms. The van der Waals surface area contributed by atoms with Crippen molar-refractivity contribution in [1.29, 1.82) is 0 Å². The molecule has 0 saturated heterocycles. The molecule has 2 rings (SSSR count). The molecule has 6 heteroatoms. The fourth-order valence-electron chi connectivity index (χ4n) is 1.73. The standard InChI is InChI=1S/C14H13ClFN3O/c1-8-4-3-5-10(16)13(8)19-14(20)9-6-11(15)18-12(7-9)17-2/h3-7H,1-2H3,(H,17,18)(H,19,20). The van der Waals surface area contributed by atoms with Crippen molar-refractivity contribution >= 4 is 29.0 Å². The van der Waals surface area contributed by atoms with Gasteiger partial charge in [0.05, 0.1) is 5.69 Å². The first-order chi connectivity index (χ1) is 9.51. The largest absolute Gasteiger partial charge is 0.373 e. The molecule has 0 aliphatic rings. The zero-order chi connectivity index (χ0) is 14.7. The molecule has 1 aromatic heterocycles. The molecule has 104 valence electrons. The van der Waals surface area contributed by atoms with Crippen molar-refractivity contribution in [2.75, 3.05) is 17.7 Å². The van der Waals surface area contributed by atoms with Crippen LogP contribution in [0.15, 0.2) is 30.3 Å². The molecule has 1 aromatic carbocycles. The average molecular weight is 294 g/mol. The number of carbonyl (C=O) groups excluding carboxylic acids is 1. The van der Waals surface area contributed by atoms with Gasteiger partial charge in [-0.05, 0) is 30.7 Å². The van der Waals surface area contributed by atoms with E-state index in [2.05, 4.69) is 15.6 Å². The fourth-order valence-corrected chi connectivity index (χ4v) is 1.94. The number of aryl methyl sites for hydroxylation is 1. The third kappa shape index (κ3) is 3.05. The molecule has 0 bridgehead atoms. The Bertz CT molecular complexity index is 641. The summed E-state index contributed by atoms with van der Waals surface area (Å²) in [4.78, 5) is 16.1. The Morgan fingerprint density at radius 2 is 2.10 bits per heavy atom. The molecule has 0 fully saturated rings. The number of benzene rings is 1. The molecule has 0 saturated carbocycles. The highest BCUT2D eigenvalue weighted by Gasteiger charge is 2.13. The van der Waals surface area contributed by atoms with E-state index in [1.807, 2.05) is 0 Å². The van der Waals surface area contributed by atoms with Crippen molar-refractivity contribution in [3.8, 4) is 0 Å². The summed E-state index contributed by atoms with van der Waals surface area (Å²) in [7, 11) is 1.67. The van der Waals surface area contributed by atoms with Gasteiger partial charge in [0.1, 0.15) is 16.8 Å². The zero-order valence-corrected chi connectivity index (χ0v) is 11.8. The van der Waals surface area contributed by atoms with Crippen molar-refractivity contribution in [2.45, 2.75) is 6.92 Å². The number of carbonyl (C=O) groups is 1. The molecule has 2 aromatic rings. The van der Waals surface area contributed by atoms with Gasteiger partial charge in [-0.15, -0.1) is 0 Å². The van der Waals surface area contributed by atoms with Crippen LogP contribution in [0.25, 0.3) is 0 Å². The number of nitrogens with zero attached hydrogens (tertiary/aromatic N) is 1. The lowest BCUT2D eigenvalue weighted by Gasteiger charge is -2.10. The summed E-state index contributed by atoms with van der Waals surface area (Å²) in [6, 6.07) is 7.56. The number of halogens is 2. The quantitative estimate of drug-likeness (QED) is 0.852. The molecule has 4 nitrogen and oxygen atoms in total. The van der Waals surface area contributed by atoms with Crippen LogP contribution in [0.3, 0.4) is 0 Å². The molecular weight excluding hydrogens is 281 g/mol. The minimum Gasteiger partial charge on any atom is -0.373 e. The van der Waals surface area contributed by atoms with E-state index in [1.54, 1.807) is 26.1 Å². The smallest absolute Gasteiger partial charge is 0.255 e. The van der Waals surface area contributed by atoms with E-state index < -0.39 is 11.7 Å². The summed E-state index contributed by atoms with van der Waals surface area (Å²) >= 11 is 5.83. The first-order valence-electron chi connectivity index (χ1n) is 5.93. The van der Waals surface area contributed by atoms with Crippen molar-refractivity contribution < 1.29 is 9.18 Å². The van der Waals surface area contributed by atoms with Crippen LogP contribution in [0.2, 0.25) is 5.15 Å². The number of anilines is 2. The maximum Gasteiger partial charge on any atom is 0.255 e. The minimum absolute atomic E-state index is 0.163. The second kappa shape index (κ2) is 5.88. The SMILES string of the molecule is CNc1cc(C(=O)Nc2c(C)cccc2F)cc(Cl)n1. The number of para-hydroxylation sites is 1.